The molecular formula is C13H15NO4. The fraction of sp³-hybridized carbons (Fsp3) is 0.308. The van der Waals surface area contributed by atoms with E-state index < -0.39 is 5.97 Å². The predicted molar refractivity (Wildman–Crippen MR) is 65.0 cm³/mol. The molecule has 0 aromatic heterocycles. The maximum atomic E-state index is 11.7. The van der Waals surface area contributed by atoms with Crippen molar-refractivity contribution < 1.29 is 19.1 Å². The quantitative estimate of drug-likeness (QED) is 0.601. The van der Waals surface area contributed by atoms with Crippen LogP contribution < -0.4 is 5.32 Å². The van der Waals surface area contributed by atoms with Gasteiger partial charge in [-0.1, -0.05) is 30.3 Å². The van der Waals surface area contributed by atoms with Gasteiger partial charge >= 0.3 is 5.97 Å². The second-order valence-corrected chi connectivity index (χ2v) is 3.64. The summed E-state index contributed by atoms with van der Waals surface area (Å²) in [6.45, 7) is -0.172. The zero-order valence-electron chi connectivity index (χ0n) is 10.1. The Morgan fingerprint density at radius 3 is 2.39 bits per heavy atom. The van der Waals surface area contributed by atoms with E-state index in [2.05, 4.69) is 10.1 Å². The lowest BCUT2D eigenvalue weighted by atomic mass is 10.1. The summed E-state index contributed by atoms with van der Waals surface area (Å²) < 4.78 is 4.37. The standard InChI is InChI=1S/C13H15NO4/c1-18-13(17)9-14-12(16)8-7-11(15)10-5-3-2-4-6-10/h2-6H,7-9H2,1H3,(H,14,16). The average Bonchev–Trinajstić information content (AvgIpc) is 2.42. The number of carbonyl (C=O) groups excluding carboxylic acids is 3. The van der Waals surface area contributed by atoms with Crippen LogP contribution in [0.2, 0.25) is 0 Å². The van der Waals surface area contributed by atoms with Gasteiger partial charge in [0.1, 0.15) is 6.54 Å². The summed E-state index contributed by atoms with van der Waals surface area (Å²) in [4.78, 5) is 33.8. The number of methoxy groups -OCH3 is 1. The van der Waals surface area contributed by atoms with E-state index in [4.69, 9.17) is 0 Å². The Morgan fingerprint density at radius 2 is 1.78 bits per heavy atom. The maximum Gasteiger partial charge on any atom is 0.325 e. The van der Waals surface area contributed by atoms with Crippen LogP contribution in [0.1, 0.15) is 23.2 Å². The average molecular weight is 249 g/mol. The van der Waals surface area contributed by atoms with Crippen molar-refractivity contribution in [1.82, 2.24) is 5.32 Å². The van der Waals surface area contributed by atoms with Gasteiger partial charge in [-0.3, -0.25) is 14.4 Å². The van der Waals surface area contributed by atoms with Gasteiger partial charge in [0.05, 0.1) is 7.11 Å². The molecule has 5 nitrogen and oxygen atoms in total. The molecule has 5 heteroatoms. The molecule has 96 valence electrons. The summed E-state index contributed by atoms with van der Waals surface area (Å²) >= 11 is 0. The van der Waals surface area contributed by atoms with Gasteiger partial charge in [-0.25, -0.2) is 0 Å². The van der Waals surface area contributed by atoms with E-state index in [1.165, 1.54) is 7.11 Å². The number of Topliss-reactive ketones (excluding diaryl/α,β-unsaturated/α-hetero) is 1. The van der Waals surface area contributed by atoms with Crippen molar-refractivity contribution in [1.29, 1.82) is 0 Å². The van der Waals surface area contributed by atoms with Crippen molar-refractivity contribution in [2.45, 2.75) is 12.8 Å². The van der Waals surface area contributed by atoms with Gasteiger partial charge in [-0.05, 0) is 0 Å². The molecule has 1 aromatic rings. The van der Waals surface area contributed by atoms with Crippen molar-refractivity contribution in [3.8, 4) is 0 Å². The SMILES string of the molecule is COC(=O)CNC(=O)CCC(=O)c1ccccc1. The summed E-state index contributed by atoms with van der Waals surface area (Å²) in [6.07, 6.45) is 0.182. The number of ketones is 1. The Hall–Kier alpha value is -2.17. The van der Waals surface area contributed by atoms with E-state index in [0.717, 1.165) is 0 Å². The van der Waals surface area contributed by atoms with Crippen LogP contribution in [0.25, 0.3) is 0 Å². The normalized spacial score (nSPS) is 9.61. The zero-order chi connectivity index (χ0) is 13.4. The number of carbonyl (C=O) groups is 3. The first-order chi connectivity index (χ1) is 8.63. The van der Waals surface area contributed by atoms with Crippen molar-refractivity contribution >= 4 is 17.7 Å². The maximum absolute atomic E-state index is 11.7. The molecule has 0 saturated heterocycles. The Bertz CT molecular complexity index is 428. The highest BCUT2D eigenvalue weighted by molar-refractivity contribution is 5.98. The highest BCUT2D eigenvalue weighted by atomic mass is 16.5. The van der Waals surface area contributed by atoms with Crippen LogP contribution in [0.3, 0.4) is 0 Å². The molecule has 1 aromatic carbocycles. The van der Waals surface area contributed by atoms with Crippen LogP contribution in [0.15, 0.2) is 30.3 Å². The number of rotatable bonds is 6. The molecule has 0 aliphatic carbocycles. The third-order valence-electron chi connectivity index (χ3n) is 2.33. The lowest BCUT2D eigenvalue weighted by Gasteiger charge is -2.03. The Morgan fingerprint density at radius 1 is 1.11 bits per heavy atom. The number of hydrogen-bond acceptors (Lipinski definition) is 4. The molecule has 0 spiro atoms. The number of ether oxygens (including phenoxy) is 1. The summed E-state index contributed by atoms with van der Waals surface area (Å²) in [7, 11) is 1.24. The third kappa shape index (κ3) is 4.78. The summed E-state index contributed by atoms with van der Waals surface area (Å²) in [5.74, 6) is -0.953. The van der Waals surface area contributed by atoms with Crippen LogP contribution in [0.4, 0.5) is 0 Å². The van der Waals surface area contributed by atoms with Gasteiger partial charge in [0.15, 0.2) is 5.78 Å². The minimum Gasteiger partial charge on any atom is -0.468 e. The van der Waals surface area contributed by atoms with Gasteiger partial charge in [0, 0.05) is 18.4 Å². The minimum absolute atomic E-state index is 0.0602. The van der Waals surface area contributed by atoms with Crippen molar-refractivity contribution in [2.75, 3.05) is 13.7 Å². The van der Waals surface area contributed by atoms with E-state index in [0.29, 0.717) is 5.56 Å². The largest absolute Gasteiger partial charge is 0.468 e. The fourth-order valence-electron chi connectivity index (χ4n) is 1.33. The molecule has 0 saturated carbocycles. The van der Waals surface area contributed by atoms with Gasteiger partial charge in [-0.15, -0.1) is 0 Å². The molecule has 0 aliphatic heterocycles. The number of amides is 1. The monoisotopic (exact) mass is 249 g/mol. The second kappa shape index (κ2) is 7.21. The lowest BCUT2D eigenvalue weighted by molar-refractivity contribution is -0.141. The number of nitrogens with one attached hydrogen (secondary N) is 1. The first kappa shape index (κ1) is 13.9. The van der Waals surface area contributed by atoms with Crippen LogP contribution in [0.5, 0.6) is 0 Å². The number of benzene rings is 1. The lowest BCUT2D eigenvalue weighted by Crippen LogP contribution is -2.30. The van der Waals surface area contributed by atoms with Crippen molar-refractivity contribution in [3.05, 3.63) is 35.9 Å². The molecule has 0 bridgehead atoms. The topological polar surface area (TPSA) is 72.5 Å². The van der Waals surface area contributed by atoms with Gasteiger partial charge in [-0.2, -0.15) is 0 Å². The predicted octanol–water partition coefficient (Wildman–Crippen LogP) is 0.939. The molecule has 0 unspecified atom stereocenters. The van der Waals surface area contributed by atoms with E-state index in [1.54, 1.807) is 24.3 Å². The van der Waals surface area contributed by atoms with Crippen molar-refractivity contribution in [2.24, 2.45) is 0 Å². The Kier molecular flexibility index (Phi) is 5.57. The van der Waals surface area contributed by atoms with Gasteiger partial charge < -0.3 is 10.1 Å². The Labute approximate surface area is 105 Å². The van der Waals surface area contributed by atoms with Gasteiger partial charge in [0.2, 0.25) is 5.91 Å². The first-order valence-corrected chi connectivity index (χ1v) is 5.55. The molecule has 1 rings (SSSR count). The number of esters is 1. The van der Waals surface area contributed by atoms with Gasteiger partial charge in [0.25, 0.3) is 0 Å². The third-order valence-corrected chi connectivity index (χ3v) is 2.33. The number of hydrogen-bond donors (Lipinski definition) is 1. The van der Waals surface area contributed by atoms with E-state index in [9.17, 15) is 14.4 Å². The summed E-state index contributed by atoms with van der Waals surface area (Å²) in [5.41, 5.74) is 0.582. The van der Waals surface area contributed by atoms with E-state index >= 15 is 0 Å². The first-order valence-electron chi connectivity index (χ1n) is 5.55. The fourth-order valence-corrected chi connectivity index (χ4v) is 1.33. The molecule has 0 heterocycles. The molecule has 0 fully saturated rings. The van der Waals surface area contributed by atoms with Crippen LogP contribution >= 0.6 is 0 Å². The Balaban J connectivity index is 2.31. The minimum atomic E-state index is -0.516. The zero-order valence-corrected chi connectivity index (χ0v) is 10.1. The molecule has 0 radical (unpaired) electrons. The van der Waals surface area contributed by atoms with Crippen LogP contribution in [-0.4, -0.2) is 31.3 Å². The smallest absolute Gasteiger partial charge is 0.325 e. The molecular weight excluding hydrogens is 234 g/mol. The summed E-state index contributed by atoms with van der Waals surface area (Å²) in [5, 5.41) is 2.37. The molecule has 0 aliphatic rings. The van der Waals surface area contributed by atoms with Crippen molar-refractivity contribution in [3.63, 3.8) is 0 Å². The second-order valence-electron chi connectivity index (χ2n) is 3.64. The highest BCUT2D eigenvalue weighted by Gasteiger charge is 2.09. The van der Waals surface area contributed by atoms with Crippen LogP contribution in [-0.2, 0) is 14.3 Å². The molecule has 1 N–H and O–H groups in total. The molecule has 18 heavy (non-hydrogen) atoms. The molecule has 1 amide bonds. The van der Waals surface area contributed by atoms with E-state index in [-0.39, 0.29) is 31.1 Å². The molecule has 0 atom stereocenters. The highest BCUT2D eigenvalue weighted by Crippen LogP contribution is 2.04. The van der Waals surface area contributed by atoms with E-state index in [1.807, 2.05) is 6.07 Å². The van der Waals surface area contributed by atoms with Crippen LogP contribution in [0, 0.1) is 0 Å². The summed E-state index contributed by atoms with van der Waals surface area (Å²) in [6, 6.07) is 8.76.